The molecule has 2 aromatic carbocycles. The summed E-state index contributed by atoms with van der Waals surface area (Å²) in [5, 5.41) is 13.0. The summed E-state index contributed by atoms with van der Waals surface area (Å²) in [4.78, 5) is 19.4. The maximum absolute atomic E-state index is 12.7. The van der Waals surface area contributed by atoms with Crippen molar-refractivity contribution in [3.05, 3.63) is 59.1 Å². The summed E-state index contributed by atoms with van der Waals surface area (Å²) < 4.78 is 1.16. The average molecular weight is 362 g/mol. The summed E-state index contributed by atoms with van der Waals surface area (Å²) in [6.45, 7) is 1.02. The first-order valence-electron chi connectivity index (χ1n) is 8.63. The molecule has 1 aromatic heterocycles. The zero-order valence-electron chi connectivity index (χ0n) is 14.2. The molecular formula is C20H18N4OS. The molecule has 130 valence electrons. The minimum atomic E-state index is 0.0719. The molecule has 1 fully saturated rings. The Labute approximate surface area is 155 Å². The molecule has 6 heteroatoms. The van der Waals surface area contributed by atoms with Crippen LogP contribution in [0.15, 0.2) is 48.5 Å². The summed E-state index contributed by atoms with van der Waals surface area (Å²) in [5.74, 6) is 0.0797. The second-order valence-corrected chi connectivity index (χ2v) is 7.37. The molecule has 1 amide bonds. The maximum Gasteiger partial charge on any atom is 0.242 e. The molecule has 4 rings (SSSR count). The molecule has 1 saturated heterocycles. The fraction of sp³-hybridized carbons (Fsp3) is 0.250. The summed E-state index contributed by atoms with van der Waals surface area (Å²) in [6.07, 6.45) is 1.96. The van der Waals surface area contributed by atoms with Gasteiger partial charge in [0.25, 0.3) is 0 Å². The smallest absolute Gasteiger partial charge is 0.242 e. The van der Waals surface area contributed by atoms with Gasteiger partial charge in [-0.2, -0.15) is 5.26 Å². The quantitative estimate of drug-likeness (QED) is 0.763. The standard InChI is InChI=1S/C20H18N4OS/c21-12-14-7-9-15(10-8-14)22-13-19(25)24-11-3-5-17(24)20-23-16-4-1-2-6-18(16)26-20/h1-2,4,6-10,17,22H,3,5,11,13H2/t17-/m1/s1. The third kappa shape index (κ3) is 3.26. The van der Waals surface area contributed by atoms with Gasteiger partial charge in [-0.3, -0.25) is 4.79 Å². The Morgan fingerprint density at radius 1 is 1.27 bits per heavy atom. The van der Waals surface area contributed by atoms with Crippen LogP contribution in [0.3, 0.4) is 0 Å². The topological polar surface area (TPSA) is 69.0 Å². The first kappa shape index (κ1) is 16.6. The van der Waals surface area contributed by atoms with E-state index in [0.717, 1.165) is 40.3 Å². The summed E-state index contributed by atoms with van der Waals surface area (Å²) in [7, 11) is 0. The lowest BCUT2D eigenvalue weighted by molar-refractivity contribution is -0.130. The van der Waals surface area contributed by atoms with E-state index in [1.807, 2.05) is 35.2 Å². The van der Waals surface area contributed by atoms with Crippen LogP contribution in [0.25, 0.3) is 10.2 Å². The van der Waals surface area contributed by atoms with Gasteiger partial charge in [-0.25, -0.2) is 4.98 Å². The molecule has 0 radical (unpaired) electrons. The van der Waals surface area contributed by atoms with Crippen LogP contribution < -0.4 is 5.32 Å². The molecule has 0 unspecified atom stereocenters. The van der Waals surface area contributed by atoms with Gasteiger partial charge in [0.1, 0.15) is 5.01 Å². The Kier molecular flexibility index (Phi) is 4.55. The molecule has 5 nitrogen and oxygen atoms in total. The monoisotopic (exact) mass is 362 g/mol. The van der Waals surface area contributed by atoms with E-state index in [4.69, 9.17) is 10.2 Å². The van der Waals surface area contributed by atoms with Crippen LogP contribution in [0.5, 0.6) is 0 Å². The molecular weight excluding hydrogens is 344 g/mol. The van der Waals surface area contributed by atoms with Crippen molar-refractivity contribution >= 4 is 33.1 Å². The normalized spacial score (nSPS) is 16.6. The van der Waals surface area contributed by atoms with E-state index >= 15 is 0 Å². The zero-order chi connectivity index (χ0) is 17.9. The van der Waals surface area contributed by atoms with E-state index in [-0.39, 0.29) is 18.5 Å². The predicted molar refractivity (Wildman–Crippen MR) is 103 cm³/mol. The highest BCUT2D eigenvalue weighted by Gasteiger charge is 2.31. The average Bonchev–Trinajstić information content (AvgIpc) is 3.32. The highest BCUT2D eigenvalue weighted by molar-refractivity contribution is 7.18. The number of fused-ring (bicyclic) bond motifs is 1. The molecule has 0 saturated carbocycles. The molecule has 2 heterocycles. The van der Waals surface area contributed by atoms with E-state index in [1.165, 1.54) is 0 Å². The van der Waals surface area contributed by atoms with Gasteiger partial charge in [-0.1, -0.05) is 12.1 Å². The number of likely N-dealkylation sites (tertiary alicyclic amines) is 1. The Hall–Kier alpha value is -2.91. The number of nitriles is 1. The van der Waals surface area contributed by atoms with Crippen molar-refractivity contribution in [3.8, 4) is 6.07 Å². The number of carbonyl (C=O) groups excluding carboxylic acids is 1. The van der Waals surface area contributed by atoms with Gasteiger partial charge in [-0.05, 0) is 49.2 Å². The summed E-state index contributed by atoms with van der Waals surface area (Å²) >= 11 is 1.68. The van der Waals surface area contributed by atoms with Gasteiger partial charge in [0.15, 0.2) is 0 Å². The zero-order valence-corrected chi connectivity index (χ0v) is 15.0. The van der Waals surface area contributed by atoms with E-state index in [1.54, 1.807) is 23.5 Å². The number of anilines is 1. The maximum atomic E-state index is 12.7. The van der Waals surface area contributed by atoms with E-state index in [9.17, 15) is 4.79 Å². The van der Waals surface area contributed by atoms with E-state index < -0.39 is 0 Å². The number of rotatable bonds is 4. The summed E-state index contributed by atoms with van der Waals surface area (Å²) in [5.41, 5.74) is 2.45. The molecule has 26 heavy (non-hydrogen) atoms. The summed E-state index contributed by atoms with van der Waals surface area (Å²) in [6, 6.07) is 17.4. The SMILES string of the molecule is N#Cc1ccc(NCC(=O)N2CCC[C@@H]2c2nc3ccccc3s2)cc1. The fourth-order valence-corrected chi connectivity index (χ4v) is 4.41. The van der Waals surface area contributed by atoms with Crippen LogP contribution in [0.4, 0.5) is 5.69 Å². The van der Waals surface area contributed by atoms with Gasteiger partial charge in [0.2, 0.25) is 5.91 Å². The Balaban J connectivity index is 1.45. The highest BCUT2D eigenvalue weighted by Crippen LogP contribution is 2.36. The minimum Gasteiger partial charge on any atom is -0.376 e. The van der Waals surface area contributed by atoms with Crippen molar-refractivity contribution in [1.82, 2.24) is 9.88 Å². The first-order chi connectivity index (χ1) is 12.7. The van der Waals surface area contributed by atoms with Crippen molar-refractivity contribution in [2.24, 2.45) is 0 Å². The van der Waals surface area contributed by atoms with Crippen LogP contribution in [-0.4, -0.2) is 28.9 Å². The number of nitrogens with one attached hydrogen (secondary N) is 1. The number of amides is 1. The molecule has 3 aromatic rings. The van der Waals surface area contributed by atoms with Crippen molar-refractivity contribution in [1.29, 1.82) is 5.26 Å². The number of carbonyl (C=O) groups is 1. The van der Waals surface area contributed by atoms with Crippen LogP contribution >= 0.6 is 11.3 Å². The van der Waals surface area contributed by atoms with E-state index in [2.05, 4.69) is 17.5 Å². The molecule has 1 N–H and O–H groups in total. The predicted octanol–water partition coefficient (Wildman–Crippen LogP) is 3.94. The first-order valence-corrected chi connectivity index (χ1v) is 9.45. The number of nitrogens with zero attached hydrogens (tertiary/aromatic N) is 3. The molecule has 0 aliphatic carbocycles. The van der Waals surface area contributed by atoms with Crippen molar-refractivity contribution in [2.75, 3.05) is 18.4 Å². The largest absolute Gasteiger partial charge is 0.376 e. The van der Waals surface area contributed by atoms with Gasteiger partial charge < -0.3 is 10.2 Å². The lowest BCUT2D eigenvalue weighted by Crippen LogP contribution is -2.35. The second kappa shape index (κ2) is 7.14. The number of hydrogen-bond acceptors (Lipinski definition) is 5. The fourth-order valence-electron chi connectivity index (χ4n) is 3.30. The lowest BCUT2D eigenvalue weighted by Gasteiger charge is -2.23. The van der Waals surface area contributed by atoms with Crippen LogP contribution in [-0.2, 0) is 4.79 Å². The number of benzene rings is 2. The highest BCUT2D eigenvalue weighted by atomic mass is 32.1. The van der Waals surface area contributed by atoms with Crippen molar-refractivity contribution < 1.29 is 4.79 Å². The Morgan fingerprint density at radius 2 is 2.08 bits per heavy atom. The van der Waals surface area contributed by atoms with E-state index in [0.29, 0.717) is 5.56 Å². The van der Waals surface area contributed by atoms with Crippen molar-refractivity contribution in [3.63, 3.8) is 0 Å². The molecule has 1 aliphatic heterocycles. The van der Waals surface area contributed by atoms with Gasteiger partial charge in [-0.15, -0.1) is 11.3 Å². The van der Waals surface area contributed by atoms with Crippen LogP contribution in [0, 0.1) is 11.3 Å². The third-order valence-electron chi connectivity index (χ3n) is 4.63. The minimum absolute atomic E-state index is 0.0719. The molecule has 1 aliphatic rings. The molecule has 0 spiro atoms. The number of para-hydroxylation sites is 1. The third-order valence-corrected chi connectivity index (χ3v) is 5.76. The number of aromatic nitrogens is 1. The lowest BCUT2D eigenvalue weighted by atomic mass is 10.2. The molecule has 1 atom stereocenters. The van der Waals surface area contributed by atoms with Crippen molar-refractivity contribution in [2.45, 2.75) is 18.9 Å². The number of thiazole rings is 1. The van der Waals surface area contributed by atoms with Gasteiger partial charge in [0, 0.05) is 12.2 Å². The molecule has 0 bridgehead atoms. The second-order valence-electron chi connectivity index (χ2n) is 6.31. The van der Waals surface area contributed by atoms with Crippen LogP contribution in [0.1, 0.15) is 29.5 Å². The van der Waals surface area contributed by atoms with Crippen LogP contribution in [0.2, 0.25) is 0 Å². The van der Waals surface area contributed by atoms with Gasteiger partial charge in [0.05, 0.1) is 34.4 Å². The number of hydrogen-bond donors (Lipinski definition) is 1. The Bertz CT molecular complexity index is 940. The van der Waals surface area contributed by atoms with Gasteiger partial charge >= 0.3 is 0 Å². The Morgan fingerprint density at radius 3 is 2.85 bits per heavy atom.